The van der Waals surface area contributed by atoms with Gasteiger partial charge in [0.25, 0.3) is 0 Å². The molecule has 0 bridgehead atoms. The van der Waals surface area contributed by atoms with Crippen molar-refractivity contribution in [1.82, 2.24) is 5.32 Å². The van der Waals surface area contributed by atoms with E-state index in [-0.39, 0.29) is 0 Å². The maximum absolute atomic E-state index is 9.36. The lowest BCUT2D eigenvalue weighted by atomic mass is 10.0. The molecule has 1 atom stereocenters. The second-order valence-corrected chi connectivity index (χ2v) is 3.28. The van der Waals surface area contributed by atoms with E-state index in [9.17, 15) is 5.11 Å². The summed E-state index contributed by atoms with van der Waals surface area (Å²) in [6, 6.07) is 0.448. The van der Waals surface area contributed by atoms with Gasteiger partial charge in [-0.05, 0) is 19.9 Å². The number of nitrogens with one attached hydrogen (secondary N) is 1. The molecule has 1 unspecified atom stereocenters. The molecular weight excluding hydrogens is 138 g/mol. The second kappa shape index (κ2) is 4.38. The SMILES string of the molecule is C#CC(C)(O)CCNC(C)C. The van der Waals surface area contributed by atoms with Crippen LogP contribution in [0.3, 0.4) is 0 Å². The van der Waals surface area contributed by atoms with Gasteiger partial charge >= 0.3 is 0 Å². The van der Waals surface area contributed by atoms with Gasteiger partial charge in [-0.25, -0.2) is 0 Å². The largest absolute Gasteiger partial charge is 0.378 e. The van der Waals surface area contributed by atoms with Crippen molar-refractivity contribution in [3.8, 4) is 12.3 Å². The Kier molecular flexibility index (Phi) is 4.17. The third-order valence-corrected chi connectivity index (χ3v) is 1.48. The zero-order valence-electron chi connectivity index (χ0n) is 7.52. The molecule has 0 radical (unpaired) electrons. The van der Waals surface area contributed by atoms with E-state index in [1.54, 1.807) is 6.92 Å². The Balaban J connectivity index is 3.48. The summed E-state index contributed by atoms with van der Waals surface area (Å²) in [5.74, 6) is 2.33. The molecule has 2 heteroatoms. The van der Waals surface area contributed by atoms with E-state index < -0.39 is 5.60 Å². The Labute approximate surface area is 69.0 Å². The van der Waals surface area contributed by atoms with Gasteiger partial charge in [0.05, 0.1) is 0 Å². The smallest absolute Gasteiger partial charge is 0.123 e. The minimum Gasteiger partial charge on any atom is -0.378 e. The number of aliphatic hydroxyl groups is 1. The fourth-order valence-corrected chi connectivity index (χ4v) is 0.676. The van der Waals surface area contributed by atoms with Crippen LogP contribution in [-0.2, 0) is 0 Å². The normalized spacial score (nSPS) is 16.0. The van der Waals surface area contributed by atoms with Crippen molar-refractivity contribution in [2.45, 2.75) is 38.8 Å². The van der Waals surface area contributed by atoms with Gasteiger partial charge in [0.15, 0.2) is 0 Å². The predicted octanol–water partition coefficient (Wildman–Crippen LogP) is 0.759. The molecule has 0 aliphatic heterocycles. The highest BCUT2D eigenvalue weighted by Gasteiger charge is 2.14. The first-order valence-corrected chi connectivity index (χ1v) is 3.91. The summed E-state index contributed by atoms with van der Waals surface area (Å²) < 4.78 is 0. The molecule has 0 fully saturated rings. The predicted molar refractivity (Wildman–Crippen MR) is 47.2 cm³/mol. The lowest BCUT2D eigenvalue weighted by Gasteiger charge is -2.17. The van der Waals surface area contributed by atoms with E-state index in [0.717, 1.165) is 6.54 Å². The highest BCUT2D eigenvalue weighted by Crippen LogP contribution is 2.05. The standard InChI is InChI=1S/C9H17NO/c1-5-9(4,11)6-7-10-8(2)3/h1,8,10-11H,6-7H2,2-4H3. The molecule has 0 heterocycles. The molecule has 11 heavy (non-hydrogen) atoms. The van der Waals surface area contributed by atoms with Crippen LogP contribution in [0.2, 0.25) is 0 Å². The highest BCUT2D eigenvalue weighted by molar-refractivity contribution is 5.04. The van der Waals surface area contributed by atoms with Crippen LogP contribution < -0.4 is 5.32 Å². The average Bonchev–Trinajstić information content (AvgIpc) is 1.87. The molecule has 0 saturated carbocycles. The quantitative estimate of drug-likeness (QED) is 0.587. The second-order valence-electron chi connectivity index (χ2n) is 3.28. The highest BCUT2D eigenvalue weighted by atomic mass is 16.3. The number of hydrogen-bond donors (Lipinski definition) is 2. The Morgan fingerprint density at radius 2 is 2.18 bits per heavy atom. The summed E-state index contributed by atoms with van der Waals surface area (Å²) >= 11 is 0. The number of rotatable bonds is 4. The summed E-state index contributed by atoms with van der Waals surface area (Å²) in [6.45, 7) is 6.53. The van der Waals surface area contributed by atoms with E-state index in [2.05, 4.69) is 25.1 Å². The van der Waals surface area contributed by atoms with Crippen LogP contribution in [0.4, 0.5) is 0 Å². The molecule has 0 aromatic rings. The molecule has 0 aliphatic carbocycles. The Bertz CT molecular complexity index is 144. The Morgan fingerprint density at radius 3 is 2.55 bits per heavy atom. The molecular formula is C9H17NO. The minimum absolute atomic E-state index is 0.448. The van der Waals surface area contributed by atoms with Crippen molar-refractivity contribution in [2.75, 3.05) is 6.54 Å². The lowest BCUT2D eigenvalue weighted by Crippen LogP contribution is -2.31. The Morgan fingerprint density at radius 1 is 1.64 bits per heavy atom. The molecule has 0 aliphatic rings. The molecule has 0 spiro atoms. The van der Waals surface area contributed by atoms with Crippen molar-refractivity contribution in [2.24, 2.45) is 0 Å². The molecule has 2 nitrogen and oxygen atoms in total. The molecule has 0 rings (SSSR count). The topological polar surface area (TPSA) is 32.3 Å². The van der Waals surface area contributed by atoms with E-state index in [1.165, 1.54) is 0 Å². The summed E-state index contributed by atoms with van der Waals surface area (Å²) in [5, 5.41) is 12.5. The fourth-order valence-electron chi connectivity index (χ4n) is 0.676. The van der Waals surface area contributed by atoms with Gasteiger partial charge in [0, 0.05) is 6.04 Å². The third kappa shape index (κ3) is 5.90. The number of hydrogen-bond acceptors (Lipinski definition) is 2. The zero-order chi connectivity index (χ0) is 8.91. The van der Waals surface area contributed by atoms with Crippen LogP contribution in [0.25, 0.3) is 0 Å². The van der Waals surface area contributed by atoms with E-state index in [0.29, 0.717) is 12.5 Å². The third-order valence-electron chi connectivity index (χ3n) is 1.48. The van der Waals surface area contributed by atoms with Crippen molar-refractivity contribution in [3.05, 3.63) is 0 Å². The summed E-state index contributed by atoms with van der Waals surface area (Å²) in [5.41, 5.74) is -0.956. The maximum atomic E-state index is 9.36. The first-order chi connectivity index (χ1) is 4.98. The van der Waals surface area contributed by atoms with Crippen molar-refractivity contribution in [1.29, 1.82) is 0 Å². The zero-order valence-corrected chi connectivity index (χ0v) is 7.52. The molecule has 0 saturated heterocycles. The van der Waals surface area contributed by atoms with Crippen molar-refractivity contribution in [3.63, 3.8) is 0 Å². The van der Waals surface area contributed by atoms with Gasteiger partial charge in [0.1, 0.15) is 5.60 Å². The van der Waals surface area contributed by atoms with Crippen LogP contribution >= 0.6 is 0 Å². The van der Waals surface area contributed by atoms with Crippen LogP contribution in [0.5, 0.6) is 0 Å². The van der Waals surface area contributed by atoms with Gasteiger partial charge in [-0.3, -0.25) is 0 Å². The minimum atomic E-state index is -0.956. The molecule has 64 valence electrons. The van der Waals surface area contributed by atoms with Gasteiger partial charge < -0.3 is 10.4 Å². The van der Waals surface area contributed by atoms with Crippen molar-refractivity contribution >= 4 is 0 Å². The van der Waals surface area contributed by atoms with E-state index >= 15 is 0 Å². The van der Waals surface area contributed by atoms with E-state index in [1.807, 2.05) is 0 Å². The lowest BCUT2D eigenvalue weighted by molar-refractivity contribution is 0.112. The van der Waals surface area contributed by atoms with Crippen LogP contribution in [0.15, 0.2) is 0 Å². The summed E-state index contributed by atoms with van der Waals surface area (Å²) in [6.07, 6.45) is 5.69. The Hall–Kier alpha value is -0.520. The maximum Gasteiger partial charge on any atom is 0.123 e. The van der Waals surface area contributed by atoms with Crippen LogP contribution in [-0.4, -0.2) is 23.3 Å². The van der Waals surface area contributed by atoms with Gasteiger partial charge in [0.2, 0.25) is 0 Å². The number of terminal acetylenes is 1. The first-order valence-electron chi connectivity index (χ1n) is 3.91. The van der Waals surface area contributed by atoms with Gasteiger partial charge in [-0.2, -0.15) is 0 Å². The molecule has 0 amide bonds. The van der Waals surface area contributed by atoms with Crippen LogP contribution in [0.1, 0.15) is 27.2 Å². The molecule has 0 aromatic heterocycles. The molecule has 0 aromatic carbocycles. The van der Waals surface area contributed by atoms with Crippen molar-refractivity contribution < 1.29 is 5.11 Å². The summed E-state index contributed by atoms with van der Waals surface area (Å²) in [7, 11) is 0. The monoisotopic (exact) mass is 155 g/mol. The van der Waals surface area contributed by atoms with Gasteiger partial charge in [-0.1, -0.05) is 19.8 Å². The average molecular weight is 155 g/mol. The molecule has 2 N–H and O–H groups in total. The van der Waals surface area contributed by atoms with E-state index in [4.69, 9.17) is 6.42 Å². The van der Waals surface area contributed by atoms with Gasteiger partial charge in [-0.15, -0.1) is 6.42 Å². The van der Waals surface area contributed by atoms with Crippen LogP contribution in [0, 0.1) is 12.3 Å². The first kappa shape index (κ1) is 10.5. The summed E-state index contributed by atoms with van der Waals surface area (Å²) in [4.78, 5) is 0. The fraction of sp³-hybridized carbons (Fsp3) is 0.778.